The average Bonchev–Trinajstić information content (AvgIpc) is 3.82. The second-order valence-corrected chi connectivity index (χ2v) is 39.6. The van der Waals surface area contributed by atoms with Crippen molar-refractivity contribution in [3.05, 3.63) is 128 Å². The van der Waals surface area contributed by atoms with Gasteiger partial charge in [-0.25, -0.2) is 0 Å². The molecule has 4 aromatic carbocycles. The van der Waals surface area contributed by atoms with E-state index < -0.39 is 20.0 Å². The summed E-state index contributed by atoms with van der Waals surface area (Å²) in [7, 11) is 0. The maximum absolute atomic E-state index is 3.20. The van der Waals surface area contributed by atoms with Gasteiger partial charge in [-0.1, -0.05) is 0 Å². The van der Waals surface area contributed by atoms with Gasteiger partial charge in [0.1, 0.15) is 0 Å². The number of benzene rings is 4. The fourth-order valence-corrected chi connectivity index (χ4v) is 28.0. The van der Waals surface area contributed by atoms with Crippen LogP contribution in [0.2, 0.25) is 9.36 Å². The van der Waals surface area contributed by atoms with Crippen molar-refractivity contribution in [2.24, 2.45) is 5.41 Å². The number of fused-ring (bicyclic) bond motifs is 8. The van der Waals surface area contributed by atoms with Crippen LogP contribution in [0, 0.1) is 5.41 Å². The number of hydrogen-bond acceptors (Lipinski definition) is 0. The third kappa shape index (κ3) is 5.99. The van der Waals surface area contributed by atoms with Gasteiger partial charge in [0, 0.05) is 0 Å². The molecule has 2 unspecified atom stereocenters. The molecule has 0 radical (unpaired) electrons. The molecule has 0 aromatic heterocycles. The van der Waals surface area contributed by atoms with E-state index in [4.69, 9.17) is 0 Å². The standard InChI is InChI=1S/C51H60.2CH3.Hf/c1-47(2,3)37-25-35(26-38(29-37)48(4,5)6)43-19-15-17-33-23-41(31-45(33)43)51(21-13-14-22-51)42-24-34-18-16-20-44(46(34)32-42)36-27-39(49(7,8)9)30-40(28-36)50(10,11)12;;;/h15-20,23-32H,13-14,21-22H2,1-12H3;2*1H3;. The normalized spacial score (nSPS) is 21.4. The molecule has 1 heteroatoms. The molecule has 0 bridgehead atoms. The van der Waals surface area contributed by atoms with Gasteiger partial charge in [0.15, 0.2) is 0 Å². The Morgan fingerprint density at radius 1 is 0.481 bits per heavy atom. The summed E-state index contributed by atoms with van der Waals surface area (Å²) in [6, 6.07) is 29.8. The molecule has 3 aliphatic carbocycles. The van der Waals surface area contributed by atoms with E-state index >= 15 is 0 Å². The van der Waals surface area contributed by atoms with E-state index in [0.717, 1.165) is 0 Å². The van der Waals surface area contributed by atoms with Gasteiger partial charge in [-0.15, -0.1) is 0 Å². The Bertz CT molecular complexity index is 2020. The average molecular weight is 882 g/mol. The monoisotopic (exact) mass is 882 g/mol. The SMILES string of the molecule is CC(C)(C)c1cc(-c2cccc3c2C=C2[CH]3[Hf]([CH3])([CH3])[CH]3C(=Cc4c(-c5cc(C(C)(C)C)cc(C(C)(C)C)c5)cccc43)C23CCCC3)cc(C(C)(C)C)c1. The molecule has 54 heavy (non-hydrogen) atoms. The first-order valence-electron chi connectivity index (χ1n) is 21.0. The molecule has 1 aliphatic heterocycles. The van der Waals surface area contributed by atoms with Crippen LogP contribution in [0.4, 0.5) is 0 Å². The molecule has 0 N–H and O–H groups in total. The summed E-state index contributed by atoms with van der Waals surface area (Å²) >= 11 is -3.20. The molecule has 1 spiro atoms. The van der Waals surface area contributed by atoms with Crippen molar-refractivity contribution in [3.8, 4) is 22.3 Å². The third-order valence-electron chi connectivity index (χ3n) is 14.1. The molecule has 4 aliphatic rings. The molecule has 0 nitrogen and oxygen atoms in total. The molecule has 282 valence electrons. The van der Waals surface area contributed by atoms with Gasteiger partial charge in [-0.3, -0.25) is 0 Å². The molecule has 4 aromatic rings. The minimum absolute atomic E-state index is 0.0892. The molecule has 2 fully saturated rings. The van der Waals surface area contributed by atoms with Gasteiger partial charge in [0.05, 0.1) is 0 Å². The van der Waals surface area contributed by atoms with Gasteiger partial charge >= 0.3 is 335 Å². The molecular weight excluding hydrogens is 815 g/mol. The van der Waals surface area contributed by atoms with Gasteiger partial charge in [0.2, 0.25) is 0 Å². The molecular formula is C53H66Hf. The first-order chi connectivity index (χ1) is 25.0. The van der Waals surface area contributed by atoms with E-state index in [2.05, 4.69) is 177 Å². The van der Waals surface area contributed by atoms with Crippen LogP contribution in [0.15, 0.2) is 83.9 Å². The first kappa shape index (κ1) is 38.1. The summed E-state index contributed by atoms with van der Waals surface area (Å²) in [5, 5.41) is 0. The van der Waals surface area contributed by atoms with Crippen LogP contribution < -0.4 is 0 Å². The summed E-state index contributed by atoms with van der Waals surface area (Å²) in [5.74, 6) is 0. The molecule has 1 heterocycles. The van der Waals surface area contributed by atoms with E-state index in [1.165, 1.54) is 81.3 Å². The zero-order valence-corrected chi connectivity index (χ0v) is 39.7. The van der Waals surface area contributed by atoms with Crippen LogP contribution in [0.3, 0.4) is 0 Å². The molecule has 2 atom stereocenters. The summed E-state index contributed by atoms with van der Waals surface area (Å²) in [6.45, 7) is 28.4. The maximum atomic E-state index is 2.82. The van der Waals surface area contributed by atoms with Crippen LogP contribution in [0.1, 0.15) is 161 Å². The van der Waals surface area contributed by atoms with Crippen molar-refractivity contribution in [2.45, 2.75) is 147 Å². The molecule has 0 amide bonds. The topological polar surface area (TPSA) is 0 Å². The Morgan fingerprint density at radius 3 is 1.13 bits per heavy atom. The van der Waals surface area contributed by atoms with Crippen molar-refractivity contribution in [2.75, 3.05) is 0 Å². The quantitative estimate of drug-likeness (QED) is 0.176. The molecule has 8 rings (SSSR count). The van der Waals surface area contributed by atoms with Crippen LogP contribution in [0.25, 0.3) is 34.4 Å². The van der Waals surface area contributed by atoms with Crippen LogP contribution >= 0.6 is 0 Å². The van der Waals surface area contributed by atoms with E-state index in [9.17, 15) is 0 Å². The number of allylic oxidation sites excluding steroid dienone is 2. The Hall–Kier alpha value is -2.77. The van der Waals surface area contributed by atoms with E-state index in [0.29, 0.717) is 7.35 Å². The predicted molar refractivity (Wildman–Crippen MR) is 233 cm³/mol. The zero-order chi connectivity index (χ0) is 39.0. The van der Waals surface area contributed by atoms with Gasteiger partial charge in [0.25, 0.3) is 0 Å². The van der Waals surface area contributed by atoms with E-state index in [-0.39, 0.29) is 27.1 Å². The van der Waals surface area contributed by atoms with Crippen LogP contribution in [0.5, 0.6) is 0 Å². The van der Waals surface area contributed by atoms with Crippen molar-refractivity contribution >= 4 is 12.2 Å². The third-order valence-corrected chi connectivity index (χ3v) is 29.3. The fourth-order valence-electron chi connectivity index (χ4n) is 10.9. The van der Waals surface area contributed by atoms with Gasteiger partial charge < -0.3 is 0 Å². The van der Waals surface area contributed by atoms with Crippen LogP contribution in [-0.2, 0) is 41.6 Å². The number of rotatable bonds is 2. The second kappa shape index (κ2) is 12.4. The van der Waals surface area contributed by atoms with Crippen molar-refractivity contribution in [3.63, 3.8) is 0 Å². The van der Waals surface area contributed by atoms with Gasteiger partial charge in [-0.2, -0.15) is 0 Å². The van der Waals surface area contributed by atoms with Gasteiger partial charge in [-0.05, 0) is 0 Å². The Labute approximate surface area is 333 Å². The Balaban J connectivity index is 1.33. The zero-order valence-electron chi connectivity index (χ0n) is 36.1. The second-order valence-electron chi connectivity index (χ2n) is 22.4. The first-order valence-corrected chi connectivity index (χ1v) is 32.4. The summed E-state index contributed by atoms with van der Waals surface area (Å²) in [5.41, 5.74) is 21.9. The predicted octanol–water partition coefficient (Wildman–Crippen LogP) is 15.6. The van der Waals surface area contributed by atoms with Crippen LogP contribution in [-0.4, -0.2) is 0 Å². The fraction of sp³-hybridized carbons (Fsp3) is 0.472. The molecule has 1 saturated carbocycles. The van der Waals surface area contributed by atoms with E-state index in [1.54, 1.807) is 22.3 Å². The summed E-state index contributed by atoms with van der Waals surface area (Å²) < 4.78 is 6.88. The Morgan fingerprint density at radius 2 is 0.815 bits per heavy atom. The minimum atomic E-state index is -3.20. The number of hydrogen-bond donors (Lipinski definition) is 0. The van der Waals surface area contributed by atoms with Crippen molar-refractivity contribution in [1.82, 2.24) is 0 Å². The van der Waals surface area contributed by atoms with Crippen molar-refractivity contribution in [1.29, 1.82) is 0 Å². The van der Waals surface area contributed by atoms with E-state index in [1.807, 2.05) is 0 Å². The Kier molecular flexibility index (Phi) is 8.73. The summed E-state index contributed by atoms with van der Waals surface area (Å²) in [6.07, 6.45) is 10.8. The molecule has 1 saturated heterocycles. The van der Waals surface area contributed by atoms with Crippen molar-refractivity contribution < 1.29 is 20.0 Å². The summed E-state index contributed by atoms with van der Waals surface area (Å²) in [4.78, 5) is 0.